The largest absolute Gasteiger partial charge is 0.492 e. The van der Waals surface area contributed by atoms with Crippen LogP contribution in [0.15, 0.2) is 12.4 Å². The Balaban J connectivity index is 2.18. The lowest BCUT2D eigenvalue weighted by atomic mass is 10.0. The summed E-state index contributed by atoms with van der Waals surface area (Å²) in [6, 6.07) is 0. The number of carbonyl (C=O) groups is 1. The number of nitrogens with zero attached hydrogens (tertiary/aromatic N) is 2. The van der Waals surface area contributed by atoms with E-state index in [9.17, 15) is 26.7 Å². The molecule has 3 rings (SSSR count). The van der Waals surface area contributed by atoms with Gasteiger partial charge in [-0.1, -0.05) is 13.3 Å². The summed E-state index contributed by atoms with van der Waals surface area (Å²) in [4.78, 5) is 16.5. The average molecular weight is 385 g/mol. The number of halogens is 5. The second-order valence-electron chi connectivity index (χ2n) is 5.60. The van der Waals surface area contributed by atoms with E-state index in [0.29, 0.717) is 6.42 Å². The van der Waals surface area contributed by atoms with Gasteiger partial charge in [-0.3, -0.25) is 9.89 Å². The lowest BCUT2D eigenvalue weighted by Gasteiger charge is -2.12. The Bertz CT molecular complexity index is 1010. The molecular formula is C17H12F5N3O2. The first-order valence-electron chi connectivity index (χ1n) is 7.89. The number of aromatic nitrogens is 3. The molecule has 1 N–H and O–H groups in total. The quantitative estimate of drug-likeness (QED) is 0.228. The Morgan fingerprint density at radius 1 is 1.07 bits per heavy atom. The summed E-state index contributed by atoms with van der Waals surface area (Å²) < 4.78 is 73.7. The van der Waals surface area contributed by atoms with Crippen molar-refractivity contribution in [2.24, 2.45) is 0 Å². The van der Waals surface area contributed by atoms with Crippen molar-refractivity contribution >= 4 is 16.8 Å². The molecule has 27 heavy (non-hydrogen) atoms. The number of rotatable bonds is 6. The summed E-state index contributed by atoms with van der Waals surface area (Å²) in [5.74, 6) is -12.7. The van der Waals surface area contributed by atoms with Crippen LogP contribution in [0.1, 0.15) is 35.7 Å². The minimum absolute atomic E-state index is 0.101. The molecular weight excluding hydrogens is 373 g/mol. The van der Waals surface area contributed by atoms with E-state index in [2.05, 4.69) is 15.2 Å². The van der Waals surface area contributed by atoms with Crippen LogP contribution in [0.2, 0.25) is 0 Å². The van der Waals surface area contributed by atoms with Crippen molar-refractivity contribution in [3.05, 3.63) is 52.6 Å². The van der Waals surface area contributed by atoms with E-state index in [1.807, 2.05) is 6.92 Å². The van der Waals surface area contributed by atoms with Gasteiger partial charge >= 0.3 is 0 Å². The number of benzene rings is 1. The third-order valence-corrected chi connectivity index (χ3v) is 3.85. The molecule has 10 heteroatoms. The number of hydrogen-bond donors (Lipinski definition) is 1. The van der Waals surface area contributed by atoms with Gasteiger partial charge < -0.3 is 4.74 Å². The maximum absolute atomic E-state index is 14.0. The molecule has 0 saturated heterocycles. The fraction of sp³-hybridized carbons (Fsp3) is 0.235. The molecule has 0 fully saturated rings. The van der Waals surface area contributed by atoms with E-state index in [-0.39, 0.29) is 23.4 Å². The molecule has 0 aliphatic rings. The Kier molecular flexibility index (Phi) is 5.06. The molecule has 2 aromatic heterocycles. The van der Waals surface area contributed by atoms with Gasteiger partial charge in [0.25, 0.3) is 0 Å². The third kappa shape index (κ3) is 3.11. The Hall–Kier alpha value is -3.04. The van der Waals surface area contributed by atoms with Crippen LogP contribution < -0.4 is 4.74 Å². The van der Waals surface area contributed by atoms with E-state index in [0.717, 1.165) is 12.6 Å². The third-order valence-electron chi connectivity index (χ3n) is 3.85. The molecule has 142 valence electrons. The standard InChI is InChI=1S/C17H12F5N3O2/c1-2-3-4-27-16-7(5-23-17-8(16)6-24-25-17)15(26)9-10(18)12(20)14(22)13(21)11(9)19/h5-6H,2-4H2,1H3,(H,23,24,25). The number of carbonyl (C=O) groups excluding carboxylic acids is 1. The maximum Gasteiger partial charge on any atom is 0.204 e. The summed E-state index contributed by atoms with van der Waals surface area (Å²) in [7, 11) is 0. The molecule has 0 saturated carbocycles. The van der Waals surface area contributed by atoms with Gasteiger partial charge in [0, 0.05) is 12.4 Å². The predicted molar refractivity (Wildman–Crippen MR) is 84.0 cm³/mol. The van der Waals surface area contributed by atoms with Crippen molar-refractivity contribution < 1.29 is 31.5 Å². The maximum atomic E-state index is 14.0. The fourth-order valence-corrected chi connectivity index (χ4v) is 2.45. The lowest BCUT2D eigenvalue weighted by molar-refractivity contribution is 0.102. The SMILES string of the molecule is CCCCOc1c(C(=O)c2c(F)c(F)c(F)c(F)c2F)cnc2n[nH]cc12. The van der Waals surface area contributed by atoms with Crippen molar-refractivity contribution in [1.29, 1.82) is 0 Å². The van der Waals surface area contributed by atoms with Crippen LogP contribution >= 0.6 is 0 Å². The summed E-state index contributed by atoms with van der Waals surface area (Å²) in [5.41, 5.74) is -1.85. The topological polar surface area (TPSA) is 67.9 Å². The first kappa shape index (κ1) is 18.7. The van der Waals surface area contributed by atoms with Crippen LogP contribution in [-0.4, -0.2) is 27.6 Å². The zero-order valence-corrected chi connectivity index (χ0v) is 13.9. The number of aromatic amines is 1. The highest BCUT2D eigenvalue weighted by molar-refractivity contribution is 6.13. The molecule has 0 unspecified atom stereocenters. The fourth-order valence-electron chi connectivity index (χ4n) is 2.45. The monoisotopic (exact) mass is 385 g/mol. The number of ketones is 1. The highest BCUT2D eigenvalue weighted by Gasteiger charge is 2.32. The second-order valence-corrected chi connectivity index (χ2v) is 5.60. The van der Waals surface area contributed by atoms with Crippen LogP contribution in [0.5, 0.6) is 5.75 Å². The molecule has 0 radical (unpaired) electrons. The van der Waals surface area contributed by atoms with Gasteiger partial charge in [0.1, 0.15) is 11.3 Å². The molecule has 0 spiro atoms. The number of nitrogens with one attached hydrogen (secondary N) is 1. The molecule has 0 bridgehead atoms. The van der Waals surface area contributed by atoms with Gasteiger partial charge in [-0.05, 0) is 6.42 Å². The predicted octanol–water partition coefficient (Wildman–Crippen LogP) is 4.06. The molecule has 0 aliphatic heterocycles. The van der Waals surface area contributed by atoms with Gasteiger partial charge in [-0.15, -0.1) is 0 Å². The smallest absolute Gasteiger partial charge is 0.204 e. The van der Waals surface area contributed by atoms with E-state index in [1.165, 1.54) is 6.20 Å². The number of fused-ring (bicyclic) bond motifs is 1. The zero-order chi connectivity index (χ0) is 19.7. The van der Waals surface area contributed by atoms with E-state index >= 15 is 0 Å². The number of pyridine rings is 1. The van der Waals surface area contributed by atoms with Crippen molar-refractivity contribution in [1.82, 2.24) is 15.2 Å². The average Bonchev–Trinajstić information content (AvgIpc) is 3.14. The Labute approximate surface area is 149 Å². The van der Waals surface area contributed by atoms with Gasteiger partial charge in [0.15, 0.2) is 28.9 Å². The summed E-state index contributed by atoms with van der Waals surface area (Å²) >= 11 is 0. The second kappa shape index (κ2) is 7.29. The Morgan fingerprint density at radius 2 is 1.70 bits per heavy atom. The summed E-state index contributed by atoms with van der Waals surface area (Å²) in [5, 5.41) is 6.55. The van der Waals surface area contributed by atoms with Crippen LogP contribution in [0.4, 0.5) is 22.0 Å². The van der Waals surface area contributed by atoms with Gasteiger partial charge in [0.2, 0.25) is 11.6 Å². The molecule has 1 aromatic carbocycles. The molecule has 3 aromatic rings. The molecule has 0 atom stereocenters. The van der Waals surface area contributed by atoms with Crippen molar-refractivity contribution in [3.8, 4) is 5.75 Å². The van der Waals surface area contributed by atoms with Crippen molar-refractivity contribution in [3.63, 3.8) is 0 Å². The lowest BCUT2D eigenvalue weighted by Crippen LogP contribution is -2.15. The highest BCUT2D eigenvalue weighted by atomic mass is 19.2. The molecule has 2 heterocycles. The van der Waals surface area contributed by atoms with Gasteiger partial charge in [-0.2, -0.15) is 5.10 Å². The summed E-state index contributed by atoms with van der Waals surface area (Å²) in [6.45, 7) is 2.06. The number of hydrogen-bond acceptors (Lipinski definition) is 4. The van der Waals surface area contributed by atoms with Crippen molar-refractivity contribution in [2.75, 3.05) is 6.61 Å². The van der Waals surface area contributed by atoms with E-state index < -0.39 is 46.0 Å². The normalized spacial score (nSPS) is 11.2. The van der Waals surface area contributed by atoms with E-state index in [1.54, 1.807) is 0 Å². The summed E-state index contributed by atoms with van der Waals surface area (Å²) in [6.07, 6.45) is 3.64. The number of ether oxygens (including phenoxy) is 1. The van der Waals surface area contributed by atoms with Gasteiger partial charge in [0.05, 0.1) is 17.6 Å². The van der Waals surface area contributed by atoms with Gasteiger partial charge in [-0.25, -0.2) is 26.9 Å². The van der Waals surface area contributed by atoms with Crippen LogP contribution in [0, 0.1) is 29.1 Å². The molecule has 5 nitrogen and oxygen atoms in total. The van der Waals surface area contributed by atoms with Crippen molar-refractivity contribution in [2.45, 2.75) is 19.8 Å². The van der Waals surface area contributed by atoms with Crippen LogP contribution in [0.3, 0.4) is 0 Å². The van der Waals surface area contributed by atoms with Crippen LogP contribution in [-0.2, 0) is 0 Å². The number of H-pyrrole nitrogens is 1. The first-order chi connectivity index (χ1) is 12.9. The zero-order valence-electron chi connectivity index (χ0n) is 13.9. The molecule has 0 amide bonds. The Morgan fingerprint density at radius 3 is 2.33 bits per heavy atom. The van der Waals surface area contributed by atoms with Crippen LogP contribution in [0.25, 0.3) is 11.0 Å². The first-order valence-corrected chi connectivity index (χ1v) is 7.89. The van der Waals surface area contributed by atoms with E-state index in [4.69, 9.17) is 4.74 Å². The number of unbranched alkanes of at least 4 members (excludes halogenated alkanes) is 1. The minimum Gasteiger partial charge on any atom is -0.492 e. The molecule has 0 aliphatic carbocycles. The highest BCUT2D eigenvalue weighted by Crippen LogP contribution is 2.32. The minimum atomic E-state index is -2.34.